The van der Waals surface area contributed by atoms with Crippen molar-refractivity contribution in [2.75, 3.05) is 0 Å². The van der Waals surface area contributed by atoms with E-state index in [4.69, 9.17) is 4.42 Å². The fourth-order valence-corrected chi connectivity index (χ4v) is 7.21. The van der Waals surface area contributed by atoms with Crippen LogP contribution in [0.3, 0.4) is 0 Å². The molecule has 184 valence electrons. The molecule has 0 unspecified atom stereocenters. The molecule has 0 N–H and O–H groups in total. The molecular formula is C37H25NO. The average Bonchev–Trinajstić information content (AvgIpc) is 3.50. The smallest absolute Gasteiger partial charge is 0.135 e. The molecule has 0 radical (unpaired) electrons. The molecule has 0 bridgehead atoms. The van der Waals surface area contributed by atoms with Crippen molar-refractivity contribution >= 4 is 54.5 Å². The van der Waals surface area contributed by atoms with E-state index in [2.05, 4.69) is 122 Å². The lowest BCUT2D eigenvalue weighted by atomic mass is 9.68. The molecule has 6 aromatic carbocycles. The number of furan rings is 1. The second-order valence-electron chi connectivity index (χ2n) is 11.4. The van der Waals surface area contributed by atoms with E-state index in [0.717, 1.165) is 27.6 Å². The zero-order valence-electron chi connectivity index (χ0n) is 21.8. The van der Waals surface area contributed by atoms with Gasteiger partial charge in [-0.05, 0) is 63.9 Å². The Kier molecular flexibility index (Phi) is 3.89. The number of benzene rings is 6. The standard InChI is InChI=1S/C37H25NO/c1-37(2)28-14-6-3-12-25(28)36-34-22(10-9-15-29(34)37)20-31-35(36)26-13-4-7-16-30(26)38(31)23-18-19-33-27(21-23)24-11-5-8-17-32(24)39-33/h3-21H,1-2H3. The van der Waals surface area contributed by atoms with Gasteiger partial charge in [-0.2, -0.15) is 0 Å². The van der Waals surface area contributed by atoms with E-state index in [1.807, 2.05) is 12.1 Å². The molecule has 0 aliphatic heterocycles. The summed E-state index contributed by atoms with van der Waals surface area (Å²) in [4.78, 5) is 0. The van der Waals surface area contributed by atoms with Crippen molar-refractivity contribution in [2.24, 2.45) is 0 Å². The first kappa shape index (κ1) is 21.2. The Bertz CT molecular complexity index is 2310. The minimum Gasteiger partial charge on any atom is -0.456 e. The van der Waals surface area contributed by atoms with E-state index >= 15 is 0 Å². The van der Waals surface area contributed by atoms with Crippen molar-refractivity contribution < 1.29 is 4.42 Å². The second-order valence-corrected chi connectivity index (χ2v) is 11.4. The summed E-state index contributed by atoms with van der Waals surface area (Å²) in [5, 5.41) is 7.57. The molecule has 2 nitrogen and oxygen atoms in total. The van der Waals surface area contributed by atoms with E-state index in [9.17, 15) is 0 Å². The minimum absolute atomic E-state index is 0.0669. The molecule has 0 fully saturated rings. The van der Waals surface area contributed by atoms with Gasteiger partial charge in [-0.1, -0.05) is 92.7 Å². The molecule has 2 heteroatoms. The van der Waals surface area contributed by atoms with E-state index in [-0.39, 0.29) is 5.41 Å². The van der Waals surface area contributed by atoms with Gasteiger partial charge >= 0.3 is 0 Å². The summed E-state index contributed by atoms with van der Waals surface area (Å²) in [6.45, 7) is 4.73. The maximum absolute atomic E-state index is 6.16. The number of nitrogens with zero attached hydrogens (tertiary/aromatic N) is 1. The average molecular weight is 500 g/mol. The first-order valence-electron chi connectivity index (χ1n) is 13.6. The van der Waals surface area contributed by atoms with E-state index < -0.39 is 0 Å². The maximum atomic E-state index is 6.16. The Balaban J connectivity index is 1.49. The molecule has 0 amide bonds. The highest BCUT2D eigenvalue weighted by Crippen LogP contribution is 2.52. The molecule has 0 spiro atoms. The largest absolute Gasteiger partial charge is 0.456 e. The molecular weight excluding hydrogens is 474 g/mol. The third-order valence-corrected chi connectivity index (χ3v) is 8.96. The monoisotopic (exact) mass is 499 g/mol. The van der Waals surface area contributed by atoms with Crippen LogP contribution < -0.4 is 0 Å². The van der Waals surface area contributed by atoms with Crippen LogP contribution in [0.2, 0.25) is 0 Å². The van der Waals surface area contributed by atoms with Crippen LogP contribution in [0, 0.1) is 0 Å². The van der Waals surface area contributed by atoms with E-state index in [0.29, 0.717) is 0 Å². The Hall–Kier alpha value is -4.82. The Morgan fingerprint density at radius 1 is 0.564 bits per heavy atom. The third kappa shape index (κ3) is 2.61. The normalized spacial score (nSPS) is 14.1. The van der Waals surface area contributed by atoms with Crippen LogP contribution in [0.1, 0.15) is 25.0 Å². The van der Waals surface area contributed by atoms with Crippen molar-refractivity contribution in [3.8, 4) is 16.8 Å². The number of hydrogen-bond acceptors (Lipinski definition) is 1. The van der Waals surface area contributed by atoms with E-state index in [1.165, 1.54) is 54.8 Å². The van der Waals surface area contributed by atoms with Crippen molar-refractivity contribution in [3.63, 3.8) is 0 Å². The van der Waals surface area contributed by atoms with Gasteiger partial charge in [0.05, 0.1) is 11.0 Å². The number of para-hydroxylation sites is 2. The van der Waals surface area contributed by atoms with Gasteiger partial charge in [0.25, 0.3) is 0 Å². The van der Waals surface area contributed by atoms with Gasteiger partial charge in [0.2, 0.25) is 0 Å². The zero-order chi connectivity index (χ0) is 25.9. The number of rotatable bonds is 1. The zero-order valence-corrected chi connectivity index (χ0v) is 21.8. The fraction of sp³-hybridized carbons (Fsp3) is 0.0811. The lowest BCUT2D eigenvalue weighted by Crippen LogP contribution is -2.23. The summed E-state index contributed by atoms with van der Waals surface area (Å²) in [6, 6.07) is 42.0. The van der Waals surface area contributed by atoms with Gasteiger partial charge in [0.1, 0.15) is 11.2 Å². The minimum atomic E-state index is -0.0669. The first-order valence-corrected chi connectivity index (χ1v) is 13.6. The molecule has 2 aromatic heterocycles. The molecule has 2 heterocycles. The predicted molar refractivity (Wildman–Crippen MR) is 163 cm³/mol. The number of hydrogen-bond donors (Lipinski definition) is 0. The fourth-order valence-electron chi connectivity index (χ4n) is 7.21. The molecule has 39 heavy (non-hydrogen) atoms. The molecule has 1 aliphatic rings. The Morgan fingerprint density at radius 3 is 2.23 bits per heavy atom. The van der Waals surface area contributed by atoms with Crippen molar-refractivity contribution in [2.45, 2.75) is 19.3 Å². The molecule has 1 aliphatic carbocycles. The van der Waals surface area contributed by atoms with Crippen LogP contribution in [0.25, 0.3) is 71.3 Å². The van der Waals surface area contributed by atoms with Crippen LogP contribution in [0.4, 0.5) is 0 Å². The van der Waals surface area contributed by atoms with Crippen LogP contribution in [-0.4, -0.2) is 4.57 Å². The summed E-state index contributed by atoms with van der Waals surface area (Å²) in [7, 11) is 0. The molecule has 8 aromatic rings. The van der Waals surface area contributed by atoms with E-state index in [1.54, 1.807) is 0 Å². The molecule has 0 saturated carbocycles. The topological polar surface area (TPSA) is 18.1 Å². The highest BCUT2D eigenvalue weighted by Gasteiger charge is 2.35. The summed E-state index contributed by atoms with van der Waals surface area (Å²) >= 11 is 0. The SMILES string of the molecule is CC1(C)c2ccccc2-c2c3c1cccc3cc1c2c2ccccc2n1-c1ccc2oc3ccccc3c2c1. The summed E-state index contributed by atoms with van der Waals surface area (Å²) < 4.78 is 8.61. The maximum Gasteiger partial charge on any atom is 0.135 e. The third-order valence-electron chi connectivity index (χ3n) is 8.96. The second kappa shape index (κ2) is 7.18. The van der Waals surface area contributed by atoms with Gasteiger partial charge < -0.3 is 8.98 Å². The highest BCUT2D eigenvalue weighted by atomic mass is 16.3. The van der Waals surface area contributed by atoms with Crippen molar-refractivity contribution in [3.05, 3.63) is 126 Å². The van der Waals surface area contributed by atoms with Crippen molar-refractivity contribution in [1.82, 2.24) is 4.57 Å². The van der Waals surface area contributed by atoms with Gasteiger partial charge in [-0.25, -0.2) is 0 Å². The van der Waals surface area contributed by atoms with Crippen molar-refractivity contribution in [1.29, 1.82) is 0 Å². The van der Waals surface area contributed by atoms with Gasteiger partial charge in [0.15, 0.2) is 0 Å². The summed E-state index contributed by atoms with van der Waals surface area (Å²) in [5.41, 5.74) is 10.9. The number of aromatic nitrogens is 1. The quantitative estimate of drug-likeness (QED) is 0.220. The predicted octanol–water partition coefficient (Wildman–Crippen LogP) is 10.1. The van der Waals surface area contributed by atoms with Gasteiger partial charge in [-0.15, -0.1) is 0 Å². The summed E-state index contributed by atoms with van der Waals surface area (Å²) in [5.74, 6) is 0. The first-order chi connectivity index (χ1) is 19.1. The summed E-state index contributed by atoms with van der Waals surface area (Å²) in [6.07, 6.45) is 0. The van der Waals surface area contributed by atoms with Gasteiger partial charge in [-0.3, -0.25) is 0 Å². The van der Waals surface area contributed by atoms with Gasteiger partial charge in [0, 0.05) is 38.2 Å². The number of fused-ring (bicyclic) bond motifs is 9. The Labute approximate surface area is 225 Å². The van der Waals surface area contributed by atoms with Crippen LogP contribution in [0.15, 0.2) is 120 Å². The lowest BCUT2D eigenvalue weighted by Gasteiger charge is -2.35. The van der Waals surface area contributed by atoms with Crippen LogP contribution in [0.5, 0.6) is 0 Å². The Morgan fingerprint density at radius 2 is 1.31 bits per heavy atom. The van der Waals surface area contributed by atoms with Crippen LogP contribution >= 0.6 is 0 Å². The lowest BCUT2D eigenvalue weighted by molar-refractivity contribution is 0.645. The highest BCUT2D eigenvalue weighted by molar-refractivity contribution is 6.24. The molecule has 0 atom stereocenters. The molecule has 0 saturated heterocycles. The molecule has 9 rings (SSSR count). The van der Waals surface area contributed by atoms with Crippen LogP contribution in [-0.2, 0) is 5.41 Å².